The lowest BCUT2D eigenvalue weighted by molar-refractivity contribution is 0.0958. The molecule has 0 saturated carbocycles. The first-order chi connectivity index (χ1) is 6.69. The van der Waals surface area contributed by atoms with Crippen molar-refractivity contribution in [3.8, 4) is 5.88 Å². The van der Waals surface area contributed by atoms with E-state index in [2.05, 4.69) is 32.9 Å². The molecule has 4 nitrogen and oxygen atoms in total. The summed E-state index contributed by atoms with van der Waals surface area (Å²) in [5.74, 6) is 0.201. The van der Waals surface area contributed by atoms with E-state index in [4.69, 9.17) is 4.74 Å². The van der Waals surface area contributed by atoms with Gasteiger partial charge in [-0.2, -0.15) is 0 Å². The molecule has 0 aliphatic rings. The second-order valence-electron chi connectivity index (χ2n) is 2.52. The molecule has 0 saturated heterocycles. The number of aromatic nitrogens is 1. The van der Waals surface area contributed by atoms with Crippen LogP contribution < -0.4 is 10.1 Å². The van der Waals surface area contributed by atoms with Gasteiger partial charge < -0.3 is 10.1 Å². The van der Waals surface area contributed by atoms with Crippen molar-refractivity contribution in [1.29, 1.82) is 0 Å². The van der Waals surface area contributed by atoms with E-state index in [0.717, 1.165) is 3.57 Å². The normalized spacial score (nSPS) is 9.64. The molecular weight excluding hydrogens is 295 g/mol. The van der Waals surface area contributed by atoms with Crippen molar-refractivity contribution in [2.45, 2.75) is 6.92 Å². The Balaban J connectivity index is 3.08. The zero-order chi connectivity index (χ0) is 10.6. The van der Waals surface area contributed by atoms with Gasteiger partial charge in [0.1, 0.15) is 5.56 Å². The third-order valence-electron chi connectivity index (χ3n) is 1.57. The average molecular weight is 306 g/mol. The van der Waals surface area contributed by atoms with Gasteiger partial charge >= 0.3 is 0 Å². The van der Waals surface area contributed by atoms with Gasteiger partial charge in [0, 0.05) is 16.8 Å². The molecule has 0 aromatic carbocycles. The van der Waals surface area contributed by atoms with Gasteiger partial charge in [0.15, 0.2) is 0 Å². The molecule has 0 aliphatic carbocycles. The van der Waals surface area contributed by atoms with Crippen LogP contribution in [0.3, 0.4) is 0 Å². The lowest BCUT2D eigenvalue weighted by atomic mass is 10.2. The molecule has 0 unspecified atom stereocenters. The molecule has 0 spiro atoms. The molecule has 1 amide bonds. The molecule has 1 N–H and O–H groups in total. The summed E-state index contributed by atoms with van der Waals surface area (Å²) in [5, 5.41) is 2.55. The summed E-state index contributed by atoms with van der Waals surface area (Å²) in [6.45, 7) is 2.35. The van der Waals surface area contributed by atoms with E-state index in [0.29, 0.717) is 18.1 Å². The molecule has 0 bridgehead atoms. The van der Waals surface area contributed by atoms with Gasteiger partial charge in [0.2, 0.25) is 5.88 Å². The Kier molecular flexibility index (Phi) is 4.12. The van der Waals surface area contributed by atoms with Crippen LogP contribution in [0.5, 0.6) is 5.88 Å². The highest BCUT2D eigenvalue weighted by atomic mass is 127. The van der Waals surface area contributed by atoms with E-state index in [9.17, 15) is 4.79 Å². The molecule has 1 aromatic heterocycles. The van der Waals surface area contributed by atoms with Gasteiger partial charge in [0.05, 0.1) is 6.61 Å². The maximum Gasteiger partial charge on any atom is 0.256 e. The van der Waals surface area contributed by atoms with Crippen LogP contribution in [0.4, 0.5) is 0 Å². The highest BCUT2D eigenvalue weighted by molar-refractivity contribution is 14.1. The molecule has 5 heteroatoms. The predicted octanol–water partition coefficient (Wildman–Crippen LogP) is 1.44. The molecule has 0 aliphatic heterocycles. The first-order valence-corrected chi connectivity index (χ1v) is 5.27. The number of rotatable bonds is 3. The Hall–Kier alpha value is -0.850. The minimum atomic E-state index is -0.181. The van der Waals surface area contributed by atoms with Crippen molar-refractivity contribution in [1.82, 2.24) is 10.3 Å². The molecule has 1 aromatic rings. The topological polar surface area (TPSA) is 51.2 Å². The number of pyridine rings is 1. The van der Waals surface area contributed by atoms with Crippen molar-refractivity contribution in [2.75, 3.05) is 13.7 Å². The van der Waals surface area contributed by atoms with Crippen LogP contribution in [0.15, 0.2) is 12.3 Å². The zero-order valence-electron chi connectivity index (χ0n) is 8.00. The third kappa shape index (κ3) is 2.57. The van der Waals surface area contributed by atoms with Crippen LogP contribution >= 0.6 is 22.6 Å². The quantitative estimate of drug-likeness (QED) is 0.860. The third-order valence-corrected chi connectivity index (χ3v) is 2.16. The van der Waals surface area contributed by atoms with Gasteiger partial charge in [-0.25, -0.2) is 4.98 Å². The predicted molar refractivity (Wildman–Crippen MR) is 61.5 cm³/mol. The summed E-state index contributed by atoms with van der Waals surface area (Å²) in [6, 6.07) is 1.75. The Labute approximate surface area is 96.2 Å². The Morgan fingerprint density at radius 1 is 1.71 bits per heavy atom. The lowest BCUT2D eigenvalue weighted by Gasteiger charge is -2.07. The Morgan fingerprint density at radius 2 is 2.43 bits per heavy atom. The Bertz CT molecular complexity index is 342. The minimum absolute atomic E-state index is 0.181. The number of carbonyl (C=O) groups excluding carboxylic acids is 1. The van der Waals surface area contributed by atoms with E-state index in [-0.39, 0.29) is 5.91 Å². The molecule has 14 heavy (non-hydrogen) atoms. The van der Waals surface area contributed by atoms with Crippen LogP contribution in [-0.4, -0.2) is 24.5 Å². The molecule has 76 valence electrons. The summed E-state index contributed by atoms with van der Waals surface area (Å²) in [7, 11) is 1.58. The van der Waals surface area contributed by atoms with Crippen molar-refractivity contribution in [3.05, 3.63) is 21.4 Å². The van der Waals surface area contributed by atoms with Gasteiger partial charge in [-0.1, -0.05) is 0 Å². The van der Waals surface area contributed by atoms with E-state index >= 15 is 0 Å². The second-order valence-corrected chi connectivity index (χ2v) is 3.76. The minimum Gasteiger partial charge on any atom is -0.477 e. The number of hydrogen-bond acceptors (Lipinski definition) is 3. The first kappa shape index (κ1) is 11.2. The first-order valence-electron chi connectivity index (χ1n) is 4.19. The van der Waals surface area contributed by atoms with E-state index < -0.39 is 0 Å². The summed E-state index contributed by atoms with van der Waals surface area (Å²) >= 11 is 2.10. The smallest absolute Gasteiger partial charge is 0.256 e. The summed E-state index contributed by atoms with van der Waals surface area (Å²) in [4.78, 5) is 15.5. The number of carbonyl (C=O) groups is 1. The molecule has 0 atom stereocenters. The Morgan fingerprint density at radius 3 is 3.00 bits per heavy atom. The number of halogens is 1. The number of nitrogens with one attached hydrogen (secondary N) is 1. The van der Waals surface area contributed by atoms with Crippen molar-refractivity contribution in [3.63, 3.8) is 0 Å². The largest absolute Gasteiger partial charge is 0.477 e. The van der Waals surface area contributed by atoms with E-state index in [1.165, 1.54) is 0 Å². The van der Waals surface area contributed by atoms with Crippen molar-refractivity contribution in [2.24, 2.45) is 0 Å². The standard InChI is InChI=1S/C9H11IN2O2/c1-3-14-9-7(8(13)11-2)4-6(10)5-12-9/h4-5H,3H2,1-2H3,(H,11,13). The van der Waals surface area contributed by atoms with Gasteiger partial charge in [-0.05, 0) is 35.6 Å². The van der Waals surface area contributed by atoms with Crippen LogP contribution in [0.2, 0.25) is 0 Å². The highest BCUT2D eigenvalue weighted by Gasteiger charge is 2.12. The molecule has 0 fully saturated rings. The number of nitrogens with zero attached hydrogens (tertiary/aromatic N) is 1. The van der Waals surface area contributed by atoms with Crippen LogP contribution in [0.25, 0.3) is 0 Å². The molecule has 0 radical (unpaired) electrons. The maximum absolute atomic E-state index is 11.4. The number of amides is 1. The molecule has 1 rings (SSSR count). The number of ether oxygens (including phenoxy) is 1. The van der Waals surface area contributed by atoms with Crippen molar-refractivity contribution >= 4 is 28.5 Å². The van der Waals surface area contributed by atoms with Gasteiger partial charge in [-0.15, -0.1) is 0 Å². The van der Waals surface area contributed by atoms with E-state index in [1.807, 2.05) is 6.92 Å². The van der Waals surface area contributed by atoms with E-state index in [1.54, 1.807) is 19.3 Å². The zero-order valence-corrected chi connectivity index (χ0v) is 10.2. The summed E-state index contributed by atoms with van der Waals surface area (Å²) in [5.41, 5.74) is 0.473. The maximum atomic E-state index is 11.4. The highest BCUT2D eigenvalue weighted by Crippen LogP contribution is 2.17. The number of hydrogen-bond donors (Lipinski definition) is 1. The monoisotopic (exact) mass is 306 g/mol. The van der Waals surface area contributed by atoms with Gasteiger partial charge in [0.25, 0.3) is 5.91 Å². The fourth-order valence-corrected chi connectivity index (χ4v) is 1.43. The fraction of sp³-hybridized carbons (Fsp3) is 0.333. The SMILES string of the molecule is CCOc1ncc(I)cc1C(=O)NC. The molecule has 1 heterocycles. The van der Waals surface area contributed by atoms with Crippen molar-refractivity contribution < 1.29 is 9.53 Å². The summed E-state index contributed by atoms with van der Waals surface area (Å²) < 4.78 is 6.15. The fourth-order valence-electron chi connectivity index (χ4n) is 0.976. The second kappa shape index (κ2) is 5.14. The molecular formula is C9H11IN2O2. The van der Waals surface area contributed by atoms with Gasteiger partial charge in [-0.3, -0.25) is 4.79 Å². The average Bonchev–Trinajstić information content (AvgIpc) is 2.20. The van der Waals surface area contributed by atoms with Crippen LogP contribution in [0, 0.1) is 3.57 Å². The van der Waals surface area contributed by atoms with Crippen LogP contribution in [-0.2, 0) is 0 Å². The lowest BCUT2D eigenvalue weighted by Crippen LogP contribution is -2.19. The van der Waals surface area contributed by atoms with Crippen LogP contribution in [0.1, 0.15) is 17.3 Å². The summed E-state index contributed by atoms with van der Waals surface area (Å²) in [6.07, 6.45) is 1.66.